The van der Waals surface area contributed by atoms with Crippen LogP contribution >= 0.6 is 34.8 Å². The van der Waals surface area contributed by atoms with E-state index in [1.54, 1.807) is 6.92 Å². The van der Waals surface area contributed by atoms with Gasteiger partial charge in [-0.15, -0.1) is 11.6 Å². The monoisotopic (exact) mass is 349 g/mol. The molecule has 1 aliphatic heterocycles. The van der Waals surface area contributed by atoms with Gasteiger partial charge in [-0.05, 0) is 12.5 Å². The van der Waals surface area contributed by atoms with Crippen molar-refractivity contribution in [1.29, 1.82) is 0 Å². The molecular weight excluding hydrogens is 337 g/mol. The number of benzene rings is 1. The highest BCUT2D eigenvalue weighted by molar-refractivity contribution is 6.59. The molecule has 0 aliphatic carbocycles. The lowest BCUT2D eigenvalue weighted by Crippen LogP contribution is -2.40. The summed E-state index contributed by atoms with van der Waals surface area (Å²) < 4.78 is 3.44. The first-order valence-electron chi connectivity index (χ1n) is 6.37. The first-order chi connectivity index (χ1) is 9.89. The number of imide groups is 1. The first kappa shape index (κ1) is 16.4. The molecule has 4 nitrogen and oxygen atoms in total. The van der Waals surface area contributed by atoms with Crippen molar-refractivity contribution in [2.75, 3.05) is 5.88 Å². The number of hydrogen-bond acceptors (Lipinski definition) is 3. The van der Waals surface area contributed by atoms with Gasteiger partial charge in [0.2, 0.25) is 4.33 Å². The van der Waals surface area contributed by atoms with Gasteiger partial charge in [0.25, 0.3) is 5.91 Å². The van der Waals surface area contributed by atoms with Crippen molar-refractivity contribution in [1.82, 2.24) is 4.90 Å². The maximum Gasteiger partial charge on any atom is 0.417 e. The van der Waals surface area contributed by atoms with Gasteiger partial charge in [-0.2, -0.15) is 0 Å². The summed E-state index contributed by atoms with van der Waals surface area (Å²) in [5.74, 6) is -1.16. The third kappa shape index (κ3) is 3.12. The third-order valence-corrected chi connectivity index (χ3v) is 4.74. The molecule has 0 spiro atoms. The molecule has 0 bridgehead atoms. The van der Waals surface area contributed by atoms with Gasteiger partial charge in [0.05, 0.1) is 0 Å². The van der Waals surface area contributed by atoms with Gasteiger partial charge in [-0.25, -0.2) is 9.69 Å². The van der Waals surface area contributed by atoms with Crippen molar-refractivity contribution in [2.45, 2.75) is 23.9 Å². The molecule has 1 heterocycles. The maximum atomic E-state index is 12.2. The SMILES string of the molecule is C[C@@H]1[C@H](CCl)C(Cl)(Cl)C(=O)N1C(=O)OCc1ccccc1. The minimum Gasteiger partial charge on any atom is -0.444 e. The fraction of sp³-hybridized carbons (Fsp3) is 0.429. The molecule has 114 valence electrons. The Morgan fingerprint density at radius 2 is 1.95 bits per heavy atom. The zero-order chi connectivity index (χ0) is 15.6. The Labute approximate surface area is 137 Å². The van der Waals surface area contributed by atoms with E-state index >= 15 is 0 Å². The van der Waals surface area contributed by atoms with Crippen LogP contribution in [0.5, 0.6) is 0 Å². The van der Waals surface area contributed by atoms with E-state index < -0.39 is 28.3 Å². The number of likely N-dealkylation sites (tertiary alicyclic amines) is 1. The molecular formula is C14H14Cl3NO3. The van der Waals surface area contributed by atoms with E-state index in [4.69, 9.17) is 39.5 Å². The van der Waals surface area contributed by atoms with Crippen molar-refractivity contribution in [3.8, 4) is 0 Å². The lowest BCUT2D eigenvalue weighted by atomic mass is 10.0. The van der Waals surface area contributed by atoms with E-state index in [2.05, 4.69) is 0 Å². The second-order valence-corrected chi connectivity index (χ2v) is 6.53. The quantitative estimate of drug-likeness (QED) is 0.783. The summed E-state index contributed by atoms with van der Waals surface area (Å²) >= 11 is 17.8. The topological polar surface area (TPSA) is 46.6 Å². The van der Waals surface area contributed by atoms with Crippen LogP contribution in [-0.2, 0) is 16.1 Å². The molecule has 1 fully saturated rings. The summed E-state index contributed by atoms with van der Waals surface area (Å²) in [7, 11) is 0. The summed E-state index contributed by atoms with van der Waals surface area (Å²) in [4.78, 5) is 25.2. The summed E-state index contributed by atoms with van der Waals surface area (Å²) in [6, 6.07) is 8.64. The average molecular weight is 351 g/mol. The Morgan fingerprint density at radius 3 is 2.48 bits per heavy atom. The lowest BCUT2D eigenvalue weighted by Gasteiger charge is -2.21. The van der Waals surface area contributed by atoms with Crippen molar-refractivity contribution < 1.29 is 14.3 Å². The van der Waals surface area contributed by atoms with Gasteiger partial charge in [0, 0.05) is 17.8 Å². The molecule has 7 heteroatoms. The molecule has 1 aromatic carbocycles. The standard InChI is InChI=1S/C14H14Cl3NO3/c1-9-11(7-15)14(16,17)12(19)18(9)13(20)21-8-10-5-3-2-4-6-10/h2-6,9,11H,7-8H2,1H3/t9-,11+/m1/s1. The molecule has 2 amide bonds. The number of halogens is 3. The van der Waals surface area contributed by atoms with E-state index in [0.717, 1.165) is 10.5 Å². The van der Waals surface area contributed by atoms with Crippen LogP contribution in [0.2, 0.25) is 0 Å². The van der Waals surface area contributed by atoms with E-state index in [0.29, 0.717) is 0 Å². The van der Waals surface area contributed by atoms with Gasteiger partial charge in [-0.1, -0.05) is 53.5 Å². The van der Waals surface area contributed by atoms with Crippen LogP contribution < -0.4 is 0 Å². The van der Waals surface area contributed by atoms with E-state index in [1.807, 2.05) is 30.3 Å². The number of carbonyl (C=O) groups excluding carboxylic acids is 2. The Hall–Kier alpha value is -0.970. The highest BCUT2D eigenvalue weighted by atomic mass is 35.5. The molecule has 1 aromatic rings. The summed E-state index contributed by atoms with van der Waals surface area (Å²) in [6.45, 7) is 1.74. The number of carbonyl (C=O) groups is 2. The normalized spacial score (nSPS) is 24.2. The summed E-state index contributed by atoms with van der Waals surface area (Å²) in [6.07, 6.45) is -0.769. The van der Waals surface area contributed by atoms with Crippen LogP contribution in [0, 0.1) is 5.92 Å². The lowest BCUT2D eigenvalue weighted by molar-refractivity contribution is -0.127. The number of nitrogens with zero attached hydrogens (tertiary/aromatic N) is 1. The molecule has 2 atom stereocenters. The number of amides is 2. The first-order valence-corrected chi connectivity index (χ1v) is 7.66. The Morgan fingerprint density at radius 1 is 1.33 bits per heavy atom. The predicted molar refractivity (Wildman–Crippen MR) is 81.6 cm³/mol. The molecule has 21 heavy (non-hydrogen) atoms. The fourth-order valence-electron chi connectivity index (χ4n) is 2.25. The van der Waals surface area contributed by atoms with Crippen molar-refractivity contribution in [2.24, 2.45) is 5.92 Å². The molecule has 0 aromatic heterocycles. The highest BCUT2D eigenvalue weighted by Crippen LogP contribution is 2.43. The predicted octanol–water partition coefficient (Wildman–Crippen LogP) is 3.58. The zero-order valence-corrected chi connectivity index (χ0v) is 13.5. The van der Waals surface area contributed by atoms with Crippen LogP contribution in [0.15, 0.2) is 30.3 Å². The minimum absolute atomic E-state index is 0.0687. The van der Waals surface area contributed by atoms with Crippen LogP contribution in [0.3, 0.4) is 0 Å². The summed E-state index contributed by atoms with van der Waals surface area (Å²) in [5, 5.41) is 0. The molecule has 0 radical (unpaired) electrons. The Balaban J connectivity index is 2.07. The van der Waals surface area contributed by atoms with Crippen molar-refractivity contribution in [3.63, 3.8) is 0 Å². The molecule has 0 unspecified atom stereocenters. The molecule has 1 saturated heterocycles. The third-order valence-electron chi connectivity index (χ3n) is 3.53. The smallest absolute Gasteiger partial charge is 0.417 e. The second-order valence-electron chi connectivity index (χ2n) is 4.84. The minimum atomic E-state index is -1.70. The van der Waals surface area contributed by atoms with E-state index in [9.17, 15) is 9.59 Å². The molecule has 1 aliphatic rings. The van der Waals surface area contributed by atoms with Crippen LogP contribution in [0.25, 0.3) is 0 Å². The van der Waals surface area contributed by atoms with E-state index in [1.165, 1.54) is 0 Å². The van der Waals surface area contributed by atoms with Gasteiger partial charge < -0.3 is 4.74 Å². The van der Waals surface area contributed by atoms with Crippen LogP contribution in [-0.4, -0.2) is 33.2 Å². The number of ether oxygens (including phenoxy) is 1. The Kier molecular flexibility index (Phi) is 5.02. The highest BCUT2D eigenvalue weighted by Gasteiger charge is 2.58. The Bertz CT molecular complexity index is 536. The zero-order valence-electron chi connectivity index (χ0n) is 11.3. The number of hydrogen-bond donors (Lipinski definition) is 0. The second kappa shape index (κ2) is 6.42. The molecule has 0 N–H and O–H groups in total. The maximum absolute atomic E-state index is 12.2. The van der Waals surface area contributed by atoms with E-state index in [-0.39, 0.29) is 12.5 Å². The van der Waals surface area contributed by atoms with Gasteiger partial charge >= 0.3 is 6.09 Å². The van der Waals surface area contributed by atoms with Crippen LogP contribution in [0.4, 0.5) is 4.79 Å². The molecule has 2 rings (SSSR count). The average Bonchev–Trinajstić information content (AvgIpc) is 2.63. The molecule has 0 saturated carbocycles. The summed E-state index contributed by atoms with van der Waals surface area (Å²) in [5.41, 5.74) is 0.821. The van der Waals surface area contributed by atoms with Crippen molar-refractivity contribution in [3.05, 3.63) is 35.9 Å². The number of rotatable bonds is 3. The largest absolute Gasteiger partial charge is 0.444 e. The van der Waals surface area contributed by atoms with Gasteiger partial charge in [0.1, 0.15) is 6.61 Å². The van der Waals surface area contributed by atoms with Crippen LogP contribution in [0.1, 0.15) is 12.5 Å². The number of alkyl halides is 3. The van der Waals surface area contributed by atoms with Gasteiger partial charge in [0.15, 0.2) is 0 Å². The van der Waals surface area contributed by atoms with Gasteiger partial charge in [-0.3, -0.25) is 4.79 Å². The fourth-order valence-corrected chi connectivity index (χ4v) is 3.60. The van der Waals surface area contributed by atoms with Crippen molar-refractivity contribution >= 4 is 46.8 Å².